The molecule has 1 aliphatic heterocycles. The third kappa shape index (κ3) is 2.00. The van der Waals surface area contributed by atoms with Gasteiger partial charge in [-0.25, -0.2) is 14.5 Å². The van der Waals surface area contributed by atoms with Gasteiger partial charge in [-0.3, -0.25) is 9.98 Å². The fourth-order valence-corrected chi connectivity index (χ4v) is 2.67. The molecule has 4 heterocycles. The first-order chi connectivity index (χ1) is 10.7. The molecule has 0 fully saturated rings. The van der Waals surface area contributed by atoms with E-state index in [0.29, 0.717) is 5.95 Å². The Morgan fingerprint density at radius 2 is 2.14 bits per heavy atom. The first-order valence-electron chi connectivity index (χ1n) is 7.10. The van der Waals surface area contributed by atoms with Crippen molar-refractivity contribution in [3.63, 3.8) is 0 Å². The Morgan fingerprint density at radius 1 is 1.23 bits per heavy atom. The van der Waals surface area contributed by atoms with Crippen LogP contribution in [-0.2, 0) is 6.42 Å². The number of hydrogen-bond acceptors (Lipinski definition) is 5. The summed E-state index contributed by atoms with van der Waals surface area (Å²) in [7, 11) is 0. The van der Waals surface area contributed by atoms with Crippen molar-refractivity contribution in [1.29, 1.82) is 0 Å². The lowest BCUT2D eigenvalue weighted by Gasteiger charge is -2.13. The van der Waals surface area contributed by atoms with Crippen molar-refractivity contribution in [2.75, 3.05) is 0 Å². The highest BCUT2D eigenvalue weighted by Gasteiger charge is 2.14. The molecule has 0 saturated heterocycles. The number of aryl methyl sites for hydroxylation is 1. The molecule has 6 nitrogen and oxygen atoms in total. The largest absolute Gasteiger partial charge is 0.266 e. The molecule has 0 radical (unpaired) electrons. The van der Waals surface area contributed by atoms with Gasteiger partial charge in [0.2, 0.25) is 0 Å². The summed E-state index contributed by atoms with van der Waals surface area (Å²) in [6, 6.07) is 6.02. The first kappa shape index (κ1) is 12.8. The molecule has 3 aromatic heterocycles. The van der Waals surface area contributed by atoms with Crippen molar-refractivity contribution < 1.29 is 0 Å². The Balaban J connectivity index is 1.84. The molecule has 0 N–H and O–H groups in total. The molecule has 1 aliphatic rings. The first-order valence-corrected chi connectivity index (χ1v) is 7.10. The van der Waals surface area contributed by atoms with E-state index in [-0.39, 0.29) is 0 Å². The fourth-order valence-electron chi connectivity index (χ4n) is 2.67. The highest BCUT2D eigenvalue weighted by atomic mass is 15.3. The number of aliphatic imine (C=N–C) groups is 2. The summed E-state index contributed by atoms with van der Waals surface area (Å²) in [6.45, 7) is 5.50. The summed E-state index contributed by atoms with van der Waals surface area (Å²) in [4.78, 5) is 17.2. The van der Waals surface area contributed by atoms with E-state index in [1.807, 2.05) is 24.4 Å². The summed E-state index contributed by atoms with van der Waals surface area (Å²) in [5.74, 6) is 0.359. The standard InChI is InChI=1S/C16H14N6/c1-10-3-4-14-13(19-10)6-5-12(20-14)11-7-8-22-15(11)9-18-16(17-2)21-22/h5-9H,2-4H2,1H3. The molecule has 0 amide bonds. The molecule has 6 heteroatoms. The van der Waals surface area contributed by atoms with Crippen molar-refractivity contribution in [1.82, 2.24) is 19.6 Å². The zero-order valence-corrected chi connectivity index (χ0v) is 12.2. The monoisotopic (exact) mass is 290 g/mol. The molecule has 0 atom stereocenters. The predicted octanol–water partition coefficient (Wildman–Crippen LogP) is 3.16. The second-order valence-electron chi connectivity index (χ2n) is 5.28. The van der Waals surface area contributed by atoms with Gasteiger partial charge in [-0.05, 0) is 44.7 Å². The number of rotatable bonds is 2. The van der Waals surface area contributed by atoms with Gasteiger partial charge in [0.05, 0.1) is 28.8 Å². The fraction of sp³-hybridized carbons (Fsp3) is 0.188. The molecule has 0 saturated carbocycles. The SMILES string of the molecule is C=Nc1ncc2c(-c3ccc4c(n3)CCC(C)=N4)ccn2n1. The smallest absolute Gasteiger partial charge is 0.256 e. The third-order valence-electron chi connectivity index (χ3n) is 3.81. The normalized spacial score (nSPS) is 13.8. The minimum atomic E-state index is 0.359. The molecule has 22 heavy (non-hydrogen) atoms. The van der Waals surface area contributed by atoms with Gasteiger partial charge in [0.25, 0.3) is 5.95 Å². The van der Waals surface area contributed by atoms with E-state index < -0.39 is 0 Å². The van der Waals surface area contributed by atoms with Crippen LogP contribution in [0.4, 0.5) is 11.6 Å². The van der Waals surface area contributed by atoms with Gasteiger partial charge in [0, 0.05) is 17.5 Å². The topological polar surface area (TPSA) is 67.8 Å². The van der Waals surface area contributed by atoms with Crippen LogP contribution < -0.4 is 0 Å². The van der Waals surface area contributed by atoms with Gasteiger partial charge in [-0.2, -0.15) is 0 Å². The van der Waals surface area contributed by atoms with Crippen LogP contribution in [0.25, 0.3) is 16.8 Å². The molecule has 0 spiro atoms. The van der Waals surface area contributed by atoms with Crippen LogP contribution in [0.2, 0.25) is 0 Å². The van der Waals surface area contributed by atoms with E-state index in [1.165, 1.54) is 0 Å². The van der Waals surface area contributed by atoms with Crippen LogP contribution in [0.1, 0.15) is 19.0 Å². The Labute approximate surface area is 127 Å². The van der Waals surface area contributed by atoms with E-state index in [9.17, 15) is 0 Å². The maximum atomic E-state index is 4.77. The van der Waals surface area contributed by atoms with Gasteiger partial charge in [0.15, 0.2) is 0 Å². The van der Waals surface area contributed by atoms with Crippen molar-refractivity contribution in [3.8, 4) is 11.3 Å². The molecule has 0 aromatic carbocycles. The van der Waals surface area contributed by atoms with E-state index in [1.54, 1.807) is 10.7 Å². The Kier molecular flexibility index (Phi) is 2.82. The zero-order valence-electron chi connectivity index (χ0n) is 12.2. The average molecular weight is 290 g/mol. The molecule has 0 unspecified atom stereocenters. The minimum absolute atomic E-state index is 0.359. The van der Waals surface area contributed by atoms with Gasteiger partial charge in [-0.1, -0.05) is 0 Å². The number of pyridine rings is 1. The maximum Gasteiger partial charge on any atom is 0.266 e. The molecule has 4 rings (SSSR count). The summed E-state index contributed by atoms with van der Waals surface area (Å²) in [5, 5.41) is 4.26. The summed E-state index contributed by atoms with van der Waals surface area (Å²) >= 11 is 0. The van der Waals surface area contributed by atoms with E-state index >= 15 is 0 Å². The lowest BCUT2D eigenvalue weighted by molar-refractivity contribution is 0.903. The third-order valence-corrected chi connectivity index (χ3v) is 3.81. The van der Waals surface area contributed by atoms with Crippen LogP contribution in [0, 0.1) is 0 Å². The number of nitrogens with zero attached hydrogens (tertiary/aromatic N) is 6. The number of fused-ring (bicyclic) bond motifs is 2. The van der Waals surface area contributed by atoms with Crippen molar-refractivity contribution >= 4 is 29.6 Å². The summed E-state index contributed by atoms with van der Waals surface area (Å²) in [5.41, 5.74) is 6.01. The van der Waals surface area contributed by atoms with Crippen LogP contribution in [0.3, 0.4) is 0 Å². The highest BCUT2D eigenvalue weighted by molar-refractivity contribution is 5.87. The number of hydrogen-bond donors (Lipinski definition) is 0. The molecular weight excluding hydrogens is 276 g/mol. The highest BCUT2D eigenvalue weighted by Crippen LogP contribution is 2.30. The van der Waals surface area contributed by atoms with Gasteiger partial charge in [0.1, 0.15) is 0 Å². The molecule has 0 aliphatic carbocycles. The van der Waals surface area contributed by atoms with E-state index in [4.69, 9.17) is 4.98 Å². The Hall–Kier alpha value is -2.89. The zero-order chi connectivity index (χ0) is 15.1. The van der Waals surface area contributed by atoms with Crippen molar-refractivity contribution in [3.05, 3.63) is 36.3 Å². The molecular formula is C16H14N6. The second kappa shape index (κ2) is 4.84. The lowest BCUT2D eigenvalue weighted by Crippen LogP contribution is -2.04. The minimum Gasteiger partial charge on any atom is -0.256 e. The van der Waals surface area contributed by atoms with Crippen LogP contribution >= 0.6 is 0 Å². The van der Waals surface area contributed by atoms with Crippen LogP contribution in [0.15, 0.2) is 40.6 Å². The Morgan fingerprint density at radius 3 is 3.00 bits per heavy atom. The van der Waals surface area contributed by atoms with Crippen molar-refractivity contribution in [2.24, 2.45) is 9.98 Å². The van der Waals surface area contributed by atoms with E-state index in [2.05, 4.69) is 33.7 Å². The number of aromatic nitrogens is 4. The van der Waals surface area contributed by atoms with Gasteiger partial charge in [-0.15, -0.1) is 5.10 Å². The van der Waals surface area contributed by atoms with E-state index in [0.717, 1.165) is 46.7 Å². The van der Waals surface area contributed by atoms with Gasteiger partial charge >= 0.3 is 0 Å². The quantitative estimate of drug-likeness (QED) is 0.681. The molecule has 0 bridgehead atoms. The van der Waals surface area contributed by atoms with Gasteiger partial charge < -0.3 is 0 Å². The lowest BCUT2D eigenvalue weighted by atomic mass is 10.1. The molecule has 3 aromatic rings. The summed E-state index contributed by atoms with van der Waals surface area (Å²) < 4.78 is 1.75. The van der Waals surface area contributed by atoms with Crippen LogP contribution in [0.5, 0.6) is 0 Å². The molecule has 108 valence electrons. The summed E-state index contributed by atoms with van der Waals surface area (Å²) in [6.07, 6.45) is 5.53. The van der Waals surface area contributed by atoms with Crippen molar-refractivity contribution in [2.45, 2.75) is 19.8 Å². The van der Waals surface area contributed by atoms with Crippen LogP contribution in [-0.4, -0.2) is 32.0 Å². The predicted molar refractivity (Wildman–Crippen MR) is 86.5 cm³/mol. The maximum absolute atomic E-state index is 4.77. The average Bonchev–Trinajstić information content (AvgIpc) is 2.97. The second-order valence-corrected chi connectivity index (χ2v) is 5.28. The Bertz CT molecular complexity index is 922.